The number of hydrogen-bond donors (Lipinski definition) is 2. The van der Waals surface area contributed by atoms with E-state index in [9.17, 15) is 19.2 Å². The van der Waals surface area contributed by atoms with Gasteiger partial charge in [-0.25, -0.2) is 14.4 Å². The zero-order valence-corrected chi connectivity index (χ0v) is 44.3. The van der Waals surface area contributed by atoms with Gasteiger partial charge < -0.3 is 39.5 Å². The van der Waals surface area contributed by atoms with Gasteiger partial charge >= 0.3 is 18.0 Å². The number of methoxy groups -OCH3 is 2. The lowest BCUT2D eigenvalue weighted by molar-refractivity contribution is -0.135. The Morgan fingerprint density at radius 3 is 1.50 bits per heavy atom. The van der Waals surface area contributed by atoms with Crippen LogP contribution in [0.5, 0.6) is 0 Å². The molecule has 1 saturated carbocycles. The minimum Gasteiger partial charge on any atom is -0.466 e. The highest BCUT2D eigenvalue weighted by atomic mass is 16.6. The molecule has 12 nitrogen and oxygen atoms in total. The molecular formula is C62H71N5O7. The van der Waals surface area contributed by atoms with Crippen LogP contribution in [0.3, 0.4) is 0 Å². The predicted molar refractivity (Wildman–Crippen MR) is 301 cm³/mol. The van der Waals surface area contributed by atoms with E-state index < -0.39 is 17.7 Å². The van der Waals surface area contributed by atoms with Gasteiger partial charge in [-0.1, -0.05) is 97.1 Å². The molecule has 0 saturated heterocycles. The van der Waals surface area contributed by atoms with Crippen LogP contribution < -0.4 is 25.3 Å². The Morgan fingerprint density at radius 1 is 0.568 bits per heavy atom. The number of benzene rings is 6. The minimum absolute atomic E-state index is 0.0246. The fourth-order valence-corrected chi connectivity index (χ4v) is 8.40. The molecule has 2 N–H and O–H groups in total. The van der Waals surface area contributed by atoms with Crippen molar-refractivity contribution in [1.82, 2.24) is 5.32 Å². The molecule has 1 aliphatic rings. The van der Waals surface area contributed by atoms with E-state index in [0.717, 1.165) is 51.4 Å². The van der Waals surface area contributed by atoms with Gasteiger partial charge in [0.05, 0.1) is 20.8 Å². The Hall–Kier alpha value is -8.12. The van der Waals surface area contributed by atoms with Gasteiger partial charge in [0.2, 0.25) is 5.91 Å². The van der Waals surface area contributed by atoms with Crippen molar-refractivity contribution in [3.05, 3.63) is 180 Å². The standard InChI is InChI=1S/C37H45N3O5.C25H26N2O2/c1-37(2,3)45-36(43)38-31-19-15-30(16-20-31)35(42)40(33-9-7-8-26(24-33)12-23-34(41)44-6)25-27-10-13-28(14-11-27)29-17-21-32(22-18-29)39(4)5;1-27(2)24-14-12-22(13-15-24)21-10-7-20(8-11-21)18-26-23-6-4-5-19(17-23)9-16-25(28)29-3/h7-14,17-18,21-24,30-31H,15-16,19-20,25H2,1-6H3,(H,38,43);4-17,26H,18H2,1-3H3/b23-12+;16-9+. The van der Waals surface area contributed by atoms with Gasteiger partial charge in [-0.2, -0.15) is 0 Å². The number of alkyl carbamates (subject to hydrolysis) is 1. The number of anilines is 4. The smallest absolute Gasteiger partial charge is 0.407 e. The summed E-state index contributed by atoms with van der Waals surface area (Å²) < 4.78 is 14.8. The summed E-state index contributed by atoms with van der Waals surface area (Å²) >= 11 is 0. The molecule has 0 atom stereocenters. The van der Waals surface area contributed by atoms with Gasteiger partial charge in [0.15, 0.2) is 0 Å². The van der Waals surface area contributed by atoms with E-state index in [1.165, 1.54) is 48.7 Å². The monoisotopic (exact) mass is 998 g/mol. The second kappa shape index (κ2) is 26.5. The number of carbonyl (C=O) groups is 4. The molecule has 7 rings (SSSR count). The number of amides is 2. The van der Waals surface area contributed by atoms with Gasteiger partial charge in [-0.05, 0) is 152 Å². The molecule has 6 aromatic carbocycles. The summed E-state index contributed by atoms with van der Waals surface area (Å²) in [6, 6.07) is 49.4. The number of carbonyl (C=O) groups excluding carboxylic acids is 4. The first-order valence-corrected chi connectivity index (χ1v) is 25.0. The SMILES string of the molecule is COC(=O)/C=C/c1cccc(N(Cc2ccc(-c3ccc(N(C)C)cc3)cc2)C(=O)C2CCC(NC(=O)OC(C)(C)C)CC2)c1.COC(=O)/C=C/c1cccc(NCc2ccc(-c3ccc(N(C)C)cc3)cc2)c1. The van der Waals surface area contributed by atoms with Crippen molar-refractivity contribution >= 4 is 58.8 Å². The molecule has 0 bridgehead atoms. The second-order valence-corrected chi connectivity index (χ2v) is 19.7. The summed E-state index contributed by atoms with van der Waals surface area (Å²) in [7, 11) is 10.8. The largest absolute Gasteiger partial charge is 0.466 e. The Balaban J connectivity index is 0.000000265. The summed E-state index contributed by atoms with van der Waals surface area (Å²) in [6.45, 7) is 6.65. The fourth-order valence-electron chi connectivity index (χ4n) is 8.40. The third kappa shape index (κ3) is 17.0. The molecule has 1 fully saturated rings. The molecular weight excluding hydrogens is 927 g/mol. The lowest BCUT2D eigenvalue weighted by Crippen LogP contribution is -2.43. The van der Waals surface area contributed by atoms with E-state index in [1.54, 1.807) is 12.2 Å². The van der Waals surface area contributed by atoms with Crippen molar-refractivity contribution in [2.45, 2.75) is 71.2 Å². The molecule has 0 radical (unpaired) electrons. The average molecular weight is 998 g/mol. The normalized spacial score (nSPS) is 14.3. The Morgan fingerprint density at radius 2 is 1.03 bits per heavy atom. The topological polar surface area (TPSA) is 130 Å². The average Bonchev–Trinajstić information content (AvgIpc) is 3.40. The van der Waals surface area contributed by atoms with E-state index >= 15 is 0 Å². The van der Waals surface area contributed by atoms with Crippen LogP contribution in [0.1, 0.15) is 68.7 Å². The summed E-state index contributed by atoms with van der Waals surface area (Å²) in [4.78, 5) is 55.4. The Labute approximate surface area is 437 Å². The lowest BCUT2D eigenvalue weighted by Gasteiger charge is -2.33. The third-order valence-corrected chi connectivity index (χ3v) is 12.5. The number of hydrogen-bond acceptors (Lipinski definition) is 10. The molecule has 2 amide bonds. The first-order chi connectivity index (χ1) is 35.5. The highest BCUT2D eigenvalue weighted by Crippen LogP contribution is 2.31. The van der Waals surface area contributed by atoms with Crippen LogP contribution in [0, 0.1) is 5.92 Å². The van der Waals surface area contributed by atoms with Crippen LogP contribution in [0.15, 0.2) is 158 Å². The van der Waals surface area contributed by atoms with Crippen molar-refractivity contribution in [2.75, 3.05) is 62.4 Å². The van der Waals surface area contributed by atoms with E-state index in [1.807, 2.05) is 102 Å². The fraction of sp³-hybridized carbons (Fsp3) is 0.290. The van der Waals surface area contributed by atoms with Gasteiger partial charge in [-0.15, -0.1) is 0 Å². The van der Waals surface area contributed by atoms with Gasteiger partial charge in [0.25, 0.3) is 0 Å². The molecule has 0 heterocycles. The quantitative estimate of drug-likeness (QED) is 0.0549. The number of rotatable bonds is 16. The van der Waals surface area contributed by atoms with Crippen LogP contribution in [-0.4, -0.2) is 78.0 Å². The predicted octanol–water partition coefficient (Wildman–Crippen LogP) is 12.4. The van der Waals surface area contributed by atoms with Gasteiger partial charge in [-0.3, -0.25) is 4.79 Å². The first-order valence-electron chi connectivity index (χ1n) is 25.0. The number of esters is 2. The highest BCUT2D eigenvalue weighted by Gasteiger charge is 2.32. The highest BCUT2D eigenvalue weighted by molar-refractivity contribution is 5.96. The van der Waals surface area contributed by atoms with Crippen molar-refractivity contribution in [1.29, 1.82) is 0 Å². The van der Waals surface area contributed by atoms with Crippen molar-refractivity contribution in [2.24, 2.45) is 5.92 Å². The first kappa shape index (κ1) is 55.2. The summed E-state index contributed by atoms with van der Waals surface area (Å²) in [5.74, 6) is -0.935. The second-order valence-electron chi connectivity index (χ2n) is 19.7. The van der Waals surface area contributed by atoms with E-state index in [2.05, 4.69) is 122 Å². The summed E-state index contributed by atoms with van der Waals surface area (Å²) in [5, 5.41) is 6.39. The maximum Gasteiger partial charge on any atom is 0.407 e. The molecule has 386 valence electrons. The van der Waals surface area contributed by atoms with Gasteiger partial charge in [0, 0.05) is 81.6 Å². The van der Waals surface area contributed by atoms with Crippen LogP contribution in [0.2, 0.25) is 0 Å². The van der Waals surface area contributed by atoms with Crippen LogP contribution >= 0.6 is 0 Å². The van der Waals surface area contributed by atoms with Crippen molar-refractivity contribution in [3.8, 4) is 22.3 Å². The third-order valence-electron chi connectivity index (χ3n) is 12.5. The molecule has 1 aliphatic carbocycles. The molecule has 0 spiro atoms. The molecule has 0 aromatic heterocycles. The Bertz CT molecular complexity index is 2840. The van der Waals surface area contributed by atoms with E-state index in [-0.39, 0.29) is 23.8 Å². The molecule has 0 aliphatic heterocycles. The zero-order chi connectivity index (χ0) is 53.2. The van der Waals surface area contributed by atoms with Crippen LogP contribution in [0.25, 0.3) is 34.4 Å². The van der Waals surface area contributed by atoms with Crippen LogP contribution in [0.4, 0.5) is 27.5 Å². The maximum absolute atomic E-state index is 14.1. The lowest BCUT2D eigenvalue weighted by atomic mass is 9.85. The number of ether oxygens (including phenoxy) is 3. The van der Waals surface area contributed by atoms with Crippen molar-refractivity contribution in [3.63, 3.8) is 0 Å². The Kier molecular flexibility index (Phi) is 19.8. The molecule has 12 heteroatoms. The molecule has 74 heavy (non-hydrogen) atoms. The minimum atomic E-state index is -0.562. The molecule has 6 aromatic rings. The molecule has 0 unspecified atom stereocenters. The van der Waals surface area contributed by atoms with E-state index in [0.29, 0.717) is 32.2 Å². The number of nitrogens with zero attached hydrogens (tertiary/aromatic N) is 3. The maximum atomic E-state index is 14.1. The number of nitrogens with one attached hydrogen (secondary N) is 2. The summed E-state index contributed by atoms with van der Waals surface area (Å²) in [5.41, 5.74) is 12.1. The van der Waals surface area contributed by atoms with Crippen LogP contribution in [-0.2, 0) is 41.7 Å². The van der Waals surface area contributed by atoms with Gasteiger partial charge in [0.1, 0.15) is 5.60 Å². The zero-order valence-electron chi connectivity index (χ0n) is 44.3. The van der Waals surface area contributed by atoms with Crippen molar-refractivity contribution < 1.29 is 33.4 Å². The van der Waals surface area contributed by atoms with E-state index in [4.69, 9.17) is 9.47 Å². The summed E-state index contributed by atoms with van der Waals surface area (Å²) in [6.07, 6.45) is 8.53.